The SMILES string of the molecule is CCn1c(C2=C(O)CN(c3ccc(F)c(F)c3)C2=N)nc2ccccc21. The molecule has 0 aliphatic carbocycles. The van der Waals surface area contributed by atoms with Crippen LogP contribution in [0.3, 0.4) is 0 Å². The summed E-state index contributed by atoms with van der Waals surface area (Å²) < 4.78 is 28.7. The number of nitrogens with one attached hydrogen (secondary N) is 1. The minimum Gasteiger partial charge on any atom is -0.509 e. The summed E-state index contributed by atoms with van der Waals surface area (Å²) >= 11 is 0. The first kappa shape index (κ1) is 16.3. The van der Waals surface area contributed by atoms with E-state index in [2.05, 4.69) is 4.98 Å². The second-order valence-electron chi connectivity index (χ2n) is 6.02. The summed E-state index contributed by atoms with van der Waals surface area (Å²) in [5.74, 6) is -1.49. The van der Waals surface area contributed by atoms with Crippen molar-refractivity contribution in [1.29, 1.82) is 5.41 Å². The van der Waals surface area contributed by atoms with Crippen molar-refractivity contribution in [2.75, 3.05) is 11.4 Å². The van der Waals surface area contributed by atoms with Gasteiger partial charge in [-0.1, -0.05) is 12.1 Å². The number of nitrogens with zero attached hydrogens (tertiary/aromatic N) is 3. The number of hydrogen-bond donors (Lipinski definition) is 2. The Balaban J connectivity index is 1.79. The molecule has 7 heteroatoms. The van der Waals surface area contributed by atoms with Crippen molar-refractivity contribution in [2.24, 2.45) is 0 Å². The van der Waals surface area contributed by atoms with Gasteiger partial charge in [0.15, 0.2) is 11.6 Å². The maximum absolute atomic E-state index is 13.6. The van der Waals surface area contributed by atoms with Gasteiger partial charge in [0.25, 0.3) is 0 Å². The first-order chi connectivity index (χ1) is 12.5. The maximum Gasteiger partial charge on any atom is 0.160 e. The quantitative estimate of drug-likeness (QED) is 0.744. The normalized spacial score (nSPS) is 14.7. The molecule has 3 aromatic rings. The molecule has 26 heavy (non-hydrogen) atoms. The highest BCUT2D eigenvalue weighted by molar-refractivity contribution is 6.30. The van der Waals surface area contributed by atoms with Gasteiger partial charge in [0.05, 0.1) is 23.2 Å². The smallest absolute Gasteiger partial charge is 0.160 e. The van der Waals surface area contributed by atoms with E-state index in [1.54, 1.807) is 0 Å². The largest absolute Gasteiger partial charge is 0.509 e. The molecule has 2 aromatic carbocycles. The van der Waals surface area contributed by atoms with E-state index in [0.29, 0.717) is 23.6 Å². The Bertz CT molecular complexity index is 1070. The molecule has 4 rings (SSSR count). The van der Waals surface area contributed by atoms with E-state index in [-0.39, 0.29) is 18.1 Å². The molecular weight excluding hydrogens is 338 g/mol. The number of benzene rings is 2. The Morgan fingerprint density at radius 3 is 2.65 bits per heavy atom. The second kappa shape index (κ2) is 5.94. The van der Waals surface area contributed by atoms with E-state index in [1.165, 1.54) is 11.0 Å². The van der Waals surface area contributed by atoms with Gasteiger partial charge in [0.1, 0.15) is 17.4 Å². The van der Waals surface area contributed by atoms with Crippen LogP contribution in [-0.4, -0.2) is 27.0 Å². The molecule has 0 atom stereocenters. The number of amidine groups is 1. The van der Waals surface area contributed by atoms with E-state index >= 15 is 0 Å². The number of aliphatic hydroxyl groups is 1. The highest BCUT2D eigenvalue weighted by Gasteiger charge is 2.32. The number of halogens is 2. The Labute approximate surface area is 148 Å². The molecule has 0 fully saturated rings. The van der Waals surface area contributed by atoms with Crippen LogP contribution in [0.25, 0.3) is 16.6 Å². The molecule has 0 saturated carbocycles. The third-order valence-corrected chi connectivity index (χ3v) is 4.51. The van der Waals surface area contributed by atoms with Gasteiger partial charge < -0.3 is 14.6 Å². The molecule has 5 nitrogen and oxygen atoms in total. The molecule has 0 amide bonds. The maximum atomic E-state index is 13.6. The van der Waals surface area contributed by atoms with Gasteiger partial charge in [-0.05, 0) is 31.2 Å². The monoisotopic (exact) mass is 354 g/mol. The number of anilines is 1. The lowest BCUT2D eigenvalue weighted by Crippen LogP contribution is -2.26. The predicted octanol–water partition coefficient (Wildman–Crippen LogP) is 4.10. The van der Waals surface area contributed by atoms with Crippen molar-refractivity contribution >= 4 is 28.1 Å². The molecule has 0 saturated heterocycles. The zero-order valence-corrected chi connectivity index (χ0v) is 14.0. The second-order valence-corrected chi connectivity index (χ2v) is 6.02. The number of rotatable bonds is 3. The van der Waals surface area contributed by atoms with Gasteiger partial charge in [-0.3, -0.25) is 5.41 Å². The van der Waals surface area contributed by atoms with Crippen LogP contribution in [0.1, 0.15) is 12.7 Å². The number of para-hydroxylation sites is 2. The van der Waals surface area contributed by atoms with E-state index in [1.807, 2.05) is 35.8 Å². The van der Waals surface area contributed by atoms with Crippen LogP contribution >= 0.6 is 0 Å². The lowest BCUT2D eigenvalue weighted by molar-refractivity contribution is 0.411. The van der Waals surface area contributed by atoms with Gasteiger partial charge in [0.2, 0.25) is 0 Å². The van der Waals surface area contributed by atoms with Crippen molar-refractivity contribution in [3.8, 4) is 0 Å². The Kier molecular flexibility index (Phi) is 3.72. The summed E-state index contributed by atoms with van der Waals surface area (Å²) in [6.45, 7) is 2.58. The molecule has 1 aliphatic heterocycles. The van der Waals surface area contributed by atoms with E-state index < -0.39 is 11.6 Å². The summed E-state index contributed by atoms with van der Waals surface area (Å²) in [5.41, 5.74) is 2.27. The Hall–Kier alpha value is -3.22. The number of aliphatic hydroxyl groups excluding tert-OH is 1. The van der Waals surface area contributed by atoms with Crippen LogP contribution in [0.15, 0.2) is 48.2 Å². The lowest BCUT2D eigenvalue weighted by atomic mass is 10.2. The molecule has 2 N–H and O–H groups in total. The standard InChI is InChI=1S/C19H16F2N4O/c1-2-24-15-6-4-3-5-14(15)23-19(24)17-16(26)10-25(18(17)22)11-7-8-12(20)13(21)9-11/h3-9,22,26H,2,10H2,1H3. The highest BCUT2D eigenvalue weighted by atomic mass is 19.2. The van der Waals surface area contributed by atoms with Crippen LogP contribution in [0.5, 0.6) is 0 Å². The van der Waals surface area contributed by atoms with Gasteiger partial charge in [-0.15, -0.1) is 0 Å². The van der Waals surface area contributed by atoms with E-state index in [4.69, 9.17) is 5.41 Å². The fourth-order valence-corrected chi connectivity index (χ4v) is 3.27. The van der Waals surface area contributed by atoms with Crippen molar-refractivity contribution in [3.63, 3.8) is 0 Å². The fourth-order valence-electron chi connectivity index (χ4n) is 3.27. The third kappa shape index (κ3) is 2.35. The van der Waals surface area contributed by atoms with Crippen molar-refractivity contribution in [2.45, 2.75) is 13.5 Å². The molecule has 0 radical (unpaired) electrons. The molecule has 2 heterocycles. The first-order valence-corrected chi connectivity index (χ1v) is 8.20. The zero-order chi connectivity index (χ0) is 18.4. The first-order valence-electron chi connectivity index (χ1n) is 8.20. The zero-order valence-electron chi connectivity index (χ0n) is 14.0. The third-order valence-electron chi connectivity index (χ3n) is 4.51. The minimum absolute atomic E-state index is 0.00138. The lowest BCUT2D eigenvalue weighted by Gasteiger charge is -2.19. The van der Waals surface area contributed by atoms with Crippen molar-refractivity contribution in [3.05, 3.63) is 65.7 Å². The molecule has 1 aromatic heterocycles. The summed E-state index contributed by atoms with van der Waals surface area (Å²) in [7, 11) is 0. The van der Waals surface area contributed by atoms with Crippen LogP contribution in [-0.2, 0) is 6.54 Å². The summed E-state index contributed by atoms with van der Waals surface area (Å²) in [5, 5.41) is 19.0. The van der Waals surface area contributed by atoms with Crippen molar-refractivity contribution < 1.29 is 13.9 Å². The number of hydrogen-bond acceptors (Lipinski definition) is 3. The van der Waals surface area contributed by atoms with Gasteiger partial charge in [0, 0.05) is 18.3 Å². The summed E-state index contributed by atoms with van der Waals surface area (Å²) in [6.07, 6.45) is 0. The number of imidazole rings is 1. The van der Waals surface area contributed by atoms with Crippen molar-refractivity contribution in [1.82, 2.24) is 9.55 Å². The average Bonchev–Trinajstić information content (AvgIpc) is 3.13. The van der Waals surface area contributed by atoms with Crippen LogP contribution < -0.4 is 4.90 Å². The summed E-state index contributed by atoms with van der Waals surface area (Å²) in [6, 6.07) is 11.0. The Morgan fingerprint density at radius 2 is 1.92 bits per heavy atom. The average molecular weight is 354 g/mol. The molecule has 132 valence electrons. The van der Waals surface area contributed by atoms with Gasteiger partial charge >= 0.3 is 0 Å². The molecule has 0 bridgehead atoms. The number of aromatic nitrogens is 2. The molecule has 0 unspecified atom stereocenters. The Morgan fingerprint density at radius 1 is 1.15 bits per heavy atom. The van der Waals surface area contributed by atoms with E-state index in [0.717, 1.165) is 23.2 Å². The van der Waals surface area contributed by atoms with E-state index in [9.17, 15) is 13.9 Å². The molecular formula is C19H16F2N4O. The highest BCUT2D eigenvalue weighted by Crippen LogP contribution is 2.32. The van der Waals surface area contributed by atoms with Crippen LogP contribution in [0.2, 0.25) is 0 Å². The van der Waals surface area contributed by atoms with Crippen LogP contribution in [0, 0.1) is 17.0 Å². The van der Waals surface area contributed by atoms with Gasteiger partial charge in [-0.25, -0.2) is 13.8 Å². The molecule has 0 spiro atoms. The topological polar surface area (TPSA) is 65.1 Å². The fraction of sp³-hybridized carbons (Fsp3) is 0.158. The summed E-state index contributed by atoms with van der Waals surface area (Å²) in [4.78, 5) is 5.99. The number of fused-ring (bicyclic) bond motifs is 1. The predicted molar refractivity (Wildman–Crippen MR) is 96.4 cm³/mol. The van der Waals surface area contributed by atoms with Gasteiger partial charge in [-0.2, -0.15) is 0 Å². The number of aryl methyl sites for hydroxylation is 1. The molecule has 1 aliphatic rings. The minimum atomic E-state index is -0.996. The van der Waals surface area contributed by atoms with Crippen LogP contribution in [0.4, 0.5) is 14.5 Å².